The van der Waals surface area contributed by atoms with Gasteiger partial charge < -0.3 is 4.74 Å². The fraction of sp³-hybridized carbons (Fsp3) is 0.154. The van der Waals surface area contributed by atoms with Crippen molar-refractivity contribution in [1.29, 1.82) is 0 Å². The lowest BCUT2D eigenvalue weighted by atomic mass is 10.2. The molecule has 0 saturated carbocycles. The molecule has 88 valence electrons. The van der Waals surface area contributed by atoms with E-state index in [-0.39, 0.29) is 0 Å². The molecule has 0 saturated heterocycles. The second kappa shape index (κ2) is 5.27. The van der Waals surface area contributed by atoms with Gasteiger partial charge in [0.1, 0.15) is 6.61 Å². The zero-order valence-electron chi connectivity index (χ0n) is 9.28. The molecule has 0 unspecified atom stereocenters. The van der Waals surface area contributed by atoms with E-state index < -0.39 is 5.95 Å². The highest BCUT2D eigenvalue weighted by molar-refractivity contribution is 9.10. The molecule has 0 amide bonds. The average molecular weight is 296 g/mol. The summed E-state index contributed by atoms with van der Waals surface area (Å²) in [6.07, 6.45) is 0. The number of nitrogens with zero attached hydrogens (tertiary/aromatic N) is 1. The lowest BCUT2D eigenvalue weighted by Crippen LogP contribution is -2.00. The number of ether oxygens (including phenoxy) is 1. The zero-order chi connectivity index (χ0) is 12.3. The molecule has 0 aliphatic heterocycles. The maximum Gasteiger partial charge on any atom is 0.230 e. The average Bonchev–Trinajstić information content (AvgIpc) is 2.33. The van der Waals surface area contributed by atoms with Crippen molar-refractivity contribution in [3.63, 3.8) is 0 Å². The molecule has 0 aliphatic carbocycles. The van der Waals surface area contributed by atoms with Gasteiger partial charge in [-0.25, -0.2) is 0 Å². The predicted octanol–water partition coefficient (Wildman–Crippen LogP) is 3.87. The largest absolute Gasteiger partial charge is 0.473 e. The van der Waals surface area contributed by atoms with Crippen LogP contribution in [0.1, 0.15) is 11.1 Å². The number of halogens is 2. The van der Waals surface area contributed by atoms with Crippen LogP contribution in [-0.2, 0) is 6.61 Å². The maximum atomic E-state index is 13.2. The van der Waals surface area contributed by atoms with Crippen LogP contribution in [0, 0.1) is 12.9 Å². The summed E-state index contributed by atoms with van der Waals surface area (Å²) in [5.74, 6) is -0.229. The number of benzene rings is 1. The first-order chi connectivity index (χ1) is 8.16. The summed E-state index contributed by atoms with van der Waals surface area (Å²) in [5.41, 5.74) is 1.83. The molecule has 0 fully saturated rings. The highest BCUT2D eigenvalue weighted by Gasteiger charge is 2.08. The second-order valence-electron chi connectivity index (χ2n) is 3.66. The molecule has 1 heterocycles. The third kappa shape index (κ3) is 3.03. The van der Waals surface area contributed by atoms with Crippen LogP contribution >= 0.6 is 15.9 Å². The van der Waals surface area contributed by atoms with Crippen LogP contribution in [0.2, 0.25) is 0 Å². The van der Waals surface area contributed by atoms with E-state index in [0.29, 0.717) is 17.0 Å². The van der Waals surface area contributed by atoms with Gasteiger partial charge in [-0.3, -0.25) is 0 Å². The van der Waals surface area contributed by atoms with Crippen molar-refractivity contribution in [3.8, 4) is 5.88 Å². The van der Waals surface area contributed by atoms with Crippen LogP contribution in [-0.4, -0.2) is 4.98 Å². The topological polar surface area (TPSA) is 22.1 Å². The SMILES string of the molecule is Cc1cc(Br)c(F)nc1OCc1ccccc1. The Bertz CT molecular complexity index is 516. The molecule has 2 aromatic rings. The first kappa shape index (κ1) is 12.0. The molecule has 1 aromatic heterocycles. The van der Waals surface area contributed by atoms with Crippen LogP contribution < -0.4 is 4.74 Å². The Balaban J connectivity index is 2.12. The number of rotatable bonds is 3. The highest BCUT2D eigenvalue weighted by Crippen LogP contribution is 2.22. The van der Waals surface area contributed by atoms with Gasteiger partial charge in [-0.2, -0.15) is 9.37 Å². The molecular weight excluding hydrogens is 285 g/mol. The molecule has 0 spiro atoms. The van der Waals surface area contributed by atoms with Gasteiger partial charge in [0.25, 0.3) is 0 Å². The number of pyridine rings is 1. The van der Waals surface area contributed by atoms with Gasteiger partial charge >= 0.3 is 0 Å². The first-order valence-corrected chi connectivity index (χ1v) is 5.95. The predicted molar refractivity (Wildman–Crippen MR) is 67.4 cm³/mol. The van der Waals surface area contributed by atoms with Crippen molar-refractivity contribution in [1.82, 2.24) is 4.98 Å². The van der Waals surface area contributed by atoms with Gasteiger partial charge in [0.05, 0.1) is 4.47 Å². The molecule has 0 atom stereocenters. The monoisotopic (exact) mass is 295 g/mol. The van der Waals surface area contributed by atoms with E-state index in [1.165, 1.54) is 0 Å². The Kier molecular flexibility index (Phi) is 3.74. The molecule has 4 heteroatoms. The van der Waals surface area contributed by atoms with E-state index in [4.69, 9.17) is 4.74 Å². The van der Waals surface area contributed by atoms with Crippen molar-refractivity contribution < 1.29 is 9.13 Å². The summed E-state index contributed by atoms with van der Waals surface area (Å²) in [4.78, 5) is 3.75. The summed E-state index contributed by atoms with van der Waals surface area (Å²) >= 11 is 3.08. The molecule has 2 rings (SSSR count). The van der Waals surface area contributed by atoms with E-state index in [1.807, 2.05) is 37.3 Å². The van der Waals surface area contributed by atoms with Crippen LogP contribution in [0.3, 0.4) is 0 Å². The number of hydrogen-bond acceptors (Lipinski definition) is 2. The van der Waals surface area contributed by atoms with Crippen molar-refractivity contribution in [3.05, 3.63) is 57.9 Å². The minimum atomic E-state index is -0.557. The molecule has 0 N–H and O–H groups in total. The fourth-order valence-corrected chi connectivity index (χ4v) is 1.85. The Morgan fingerprint density at radius 3 is 2.71 bits per heavy atom. The first-order valence-electron chi connectivity index (χ1n) is 5.16. The lowest BCUT2D eigenvalue weighted by molar-refractivity contribution is 0.286. The Morgan fingerprint density at radius 1 is 1.29 bits per heavy atom. The molecule has 17 heavy (non-hydrogen) atoms. The van der Waals surface area contributed by atoms with Crippen molar-refractivity contribution in [2.24, 2.45) is 0 Å². The van der Waals surface area contributed by atoms with E-state index in [0.717, 1.165) is 11.1 Å². The summed E-state index contributed by atoms with van der Waals surface area (Å²) in [5, 5.41) is 0. The zero-order valence-corrected chi connectivity index (χ0v) is 10.9. The van der Waals surface area contributed by atoms with Crippen LogP contribution in [0.4, 0.5) is 4.39 Å². The minimum absolute atomic E-state index is 0.328. The molecule has 0 bridgehead atoms. The van der Waals surface area contributed by atoms with E-state index >= 15 is 0 Å². The van der Waals surface area contributed by atoms with Gasteiger partial charge in [0.15, 0.2) is 0 Å². The smallest absolute Gasteiger partial charge is 0.230 e. The highest BCUT2D eigenvalue weighted by atomic mass is 79.9. The third-order valence-electron chi connectivity index (χ3n) is 2.30. The standard InChI is InChI=1S/C13H11BrFNO/c1-9-7-11(14)12(15)16-13(9)17-8-10-5-3-2-4-6-10/h2-7H,8H2,1H3. The van der Waals surface area contributed by atoms with E-state index in [1.54, 1.807) is 6.07 Å². The van der Waals surface area contributed by atoms with Gasteiger partial charge in [-0.1, -0.05) is 30.3 Å². The third-order valence-corrected chi connectivity index (χ3v) is 2.85. The molecule has 0 radical (unpaired) electrons. The summed E-state index contributed by atoms with van der Waals surface area (Å²) in [6.45, 7) is 2.22. The van der Waals surface area contributed by atoms with E-state index in [2.05, 4.69) is 20.9 Å². The number of aryl methyl sites for hydroxylation is 1. The summed E-state index contributed by atoms with van der Waals surface area (Å²) < 4.78 is 19.1. The number of aromatic nitrogens is 1. The van der Waals surface area contributed by atoms with Crippen LogP contribution in [0.25, 0.3) is 0 Å². The lowest BCUT2D eigenvalue weighted by Gasteiger charge is -2.08. The Labute approximate surface area is 108 Å². The fourth-order valence-electron chi connectivity index (χ4n) is 1.41. The van der Waals surface area contributed by atoms with Gasteiger partial charge in [0, 0.05) is 5.56 Å². The Hall–Kier alpha value is -1.42. The van der Waals surface area contributed by atoms with Gasteiger partial charge in [-0.05, 0) is 34.5 Å². The van der Waals surface area contributed by atoms with Gasteiger partial charge in [-0.15, -0.1) is 0 Å². The maximum absolute atomic E-state index is 13.2. The minimum Gasteiger partial charge on any atom is -0.473 e. The molecular formula is C13H11BrFNO. The molecule has 2 nitrogen and oxygen atoms in total. The van der Waals surface area contributed by atoms with Crippen molar-refractivity contribution in [2.75, 3.05) is 0 Å². The van der Waals surface area contributed by atoms with Crippen LogP contribution in [0.5, 0.6) is 5.88 Å². The molecule has 0 aliphatic rings. The van der Waals surface area contributed by atoms with Crippen molar-refractivity contribution in [2.45, 2.75) is 13.5 Å². The van der Waals surface area contributed by atoms with Crippen molar-refractivity contribution >= 4 is 15.9 Å². The summed E-state index contributed by atoms with van der Waals surface area (Å²) in [7, 11) is 0. The Morgan fingerprint density at radius 2 is 2.00 bits per heavy atom. The van der Waals surface area contributed by atoms with Crippen LogP contribution in [0.15, 0.2) is 40.9 Å². The summed E-state index contributed by atoms with van der Waals surface area (Å²) in [6, 6.07) is 11.4. The quantitative estimate of drug-likeness (QED) is 0.802. The second-order valence-corrected chi connectivity index (χ2v) is 4.51. The molecule has 1 aromatic carbocycles. The van der Waals surface area contributed by atoms with E-state index in [9.17, 15) is 4.39 Å². The normalized spacial score (nSPS) is 10.3. The number of hydrogen-bond donors (Lipinski definition) is 0. The van der Waals surface area contributed by atoms with Gasteiger partial charge in [0.2, 0.25) is 11.8 Å².